The first-order chi connectivity index (χ1) is 9.65. The van der Waals surface area contributed by atoms with Gasteiger partial charge in [0.05, 0.1) is 0 Å². The van der Waals surface area contributed by atoms with Gasteiger partial charge in [0.2, 0.25) is 0 Å². The van der Waals surface area contributed by atoms with Crippen LogP contribution in [0.25, 0.3) is 0 Å². The maximum atomic E-state index is 12.9. The van der Waals surface area contributed by atoms with Crippen LogP contribution in [0.5, 0.6) is 0 Å². The summed E-state index contributed by atoms with van der Waals surface area (Å²) in [4.78, 5) is 14.1. The lowest BCUT2D eigenvalue weighted by Gasteiger charge is -2.21. The molecule has 0 fully saturated rings. The third kappa shape index (κ3) is 3.17. The lowest BCUT2D eigenvalue weighted by Crippen LogP contribution is -2.30. The second kappa shape index (κ2) is 6.53. The Balaban J connectivity index is 2.26. The maximum absolute atomic E-state index is 12.9. The lowest BCUT2D eigenvalue weighted by atomic mass is 10.1. The number of hydrogen-bond acceptors (Lipinski definition) is 1. The fourth-order valence-electron chi connectivity index (χ4n) is 1.96. The van der Waals surface area contributed by atoms with Crippen molar-refractivity contribution < 1.29 is 9.18 Å². The molecule has 2 aromatic rings. The smallest absolute Gasteiger partial charge is 0.258 e. The molecule has 0 saturated carbocycles. The van der Waals surface area contributed by atoms with E-state index >= 15 is 0 Å². The Bertz CT molecular complexity index is 580. The first kappa shape index (κ1) is 14.5. The average Bonchev–Trinajstić information content (AvgIpc) is 2.50. The van der Waals surface area contributed by atoms with Crippen LogP contribution in [0.3, 0.4) is 0 Å². The molecule has 0 unspecified atom stereocenters. The standard InChI is InChI=1S/C16H15ClFNO/c1-2-19(15-9-7-14(18)8-10-15)16(20)13-5-3-12(11-17)4-6-13/h3-10H,2,11H2,1H3. The van der Waals surface area contributed by atoms with Gasteiger partial charge in [0.1, 0.15) is 5.82 Å². The number of halogens is 2. The van der Waals surface area contributed by atoms with Crippen molar-refractivity contribution >= 4 is 23.2 Å². The van der Waals surface area contributed by atoms with E-state index in [0.717, 1.165) is 5.56 Å². The normalized spacial score (nSPS) is 10.3. The van der Waals surface area contributed by atoms with E-state index in [1.807, 2.05) is 19.1 Å². The van der Waals surface area contributed by atoms with Gasteiger partial charge in [-0.15, -0.1) is 11.6 Å². The summed E-state index contributed by atoms with van der Waals surface area (Å²) in [5.74, 6) is -0.00634. The van der Waals surface area contributed by atoms with Crippen LogP contribution >= 0.6 is 11.6 Å². The fraction of sp³-hybridized carbons (Fsp3) is 0.188. The Morgan fingerprint density at radius 3 is 2.20 bits per heavy atom. The molecule has 0 radical (unpaired) electrons. The third-order valence-corrected chi connectivity index (χ3v) is 3.36. The van der Waals surface area contributed by atoms with E-state index < -0.39 is 0 Å². The summed E-state index contributed by atoms with van der Waals surface area (Å²) < 4.78 is 12.9. The molecule has 20 heavy (non-hydrogen) atoms. The number of carbonyl (C=O) groups is 1. The van der Waals surface area contributed by atoms with Crippen molar-refractivity contribution in [2.24, 2.45) is 0 Å². The molecule has 2 aromatic carbocycles. The first-order valence-electron chi connectivity index (χ1n) is 6.38. The molecule has 0 aliphatic heterocycles. The number of anilines is 1. The molecule has 1 amide bonds. The van der Waals surface area contributed by atoms with Gasteiger partial charge in [0, 0.05) is 23.7 Å². The number of alkyl halides is 1. The number of hydrogen-bond donors (Lipinski definition) is 0. The second-order valence-electron chi connectivity index (χ2n) is 4.36. The molecule has 0 spiro atoms. The van der Waals surface area contributed by atoms with Crippen LogP contribution < -0.4 is 4.90 Å². The molecule has 104 valence electrons. The lowest BCUT2D eigenvalue weighted by molar-refractivity contribution is 0.0988. The number of carbonyl (C=O) groups excluding carboxylic acids is 1. The minimum atomic E-state index is -0.316. The van der Waals surface area contributed by atoms with Gasteiger partial charge in [0.15, 0.2) is 0 Å². The molecule has 0 atom stereocenters. The van der Waals surface area contributed by atoms with Crippen LogP contribution in [0, 0.1) is 5.82 Å². The molecule has 0 saturated heterocycles. The average molecular weight is 292 g/mol. The Morgan fingerprint density at radius 2 is 1.70 bits per heavy atom. The summed E-state index contributed by atoms with van der Waals surface area (Å²) in [7, 11) is 0. The van der Waals surface area contributed by atoms with E-state index in [4.69, 9.17) is 11.6 Å². The topological polar surface area (TPSA) is 20.3 Å². The van der Waals surface area contributed by atoms with E-state index in [9.17, 15) is 9.18 Å². The first-order valence-corrected chi connectivity index (χ1v) is 6.91. The quantitative estimate of drug-likeness (QED) is 0.772. The van der Waals surface area contributed by atoms with Crippen LogP contribution in [0.4, 0.5) is 10.1 Å². The second-order valence-corrected chi connectivity index (χ2v) is 4.62. The van der Waals surface area contributed by atoms with E-state index in [1.165, 1.54) is 12.1 Å². The molecule has 0 N–H and O–H groups in total. The number of nitrogens with zero attached hydrogens (tertiary/aromatic N) is 1. The monoisotopic (exact) mass is 291 g/mol. The van der Waals surface area contributed by atoms with Crippen molar-refractivity contribution in [2.75, 3.05) is 11.4 Å². The van der Waals surface area contributed by atoms with Crippen LogP contribution in [0.15, 0.2) is 48.5 Å². The highest BCUT2D eigenvalue weighted by Gasteiger charge is 2.15. The highest BCUT2D eigenvalue weighted by molar-refractivity contribution is 6.17. The van der Waals surface area contributed by atoms with Gasteiger partial charge in [-0.1, -0.05) is 12.1 Å². The van der Waals surface area contributed by atoms with Crippen LogP contribution in [-0.2, 0) is 5.88 Å². The van der Waals surface area contributed by atoms with Crippen molar-refractivity contribution in [1.82, 2.24) is 0 Å². The zero-order chi connectivity index (χ0) is 14.5. The summed E-state index contributed by atoms with van der Waals surface area (Å²) >= 11 is 5.73. The summed E-state index contributed by atoms with van der Waals surface area (Å²) in [6.07, 6.45) is 0. The zero-order valence-corrected chi connectivity index (χ0v) is 11.9. The van der Waals surface area contributed by atoms with Crippen molar-refractivity contribution in [1.29, 1.82) is 0 Å². The van der Waals surface area contributed by atoms with Crippen LogP contribution in [-0.4, -0.2) is 12.5 Å². The molecule has 0 aliphatic rings. The molecule has 0 aliphatic carbocycles. The van der Waals surface area contributed by atoms with Gasteiger partial charge in [-0.25, -0.2) is 4.39 Å². The number of rotatable bonds is 4. The van der Waals surface area contributed by atoms with E-state index in [1.54, 1.807) is 29.2 Å². The van der Waals surface area contributed by atoms with Gasteiger partial charge >= 0.3 is 0 Å². The van der Waals surface area contributed by atoms with Gasteiger partial charge in [0.25, 0.3) is 5.91 Å². The van der Waals surface area contributed by atoms with Crippen molar-refractivity contribution in [3.8, 4) is 0 Å². The SMILES string of the molecule is CCN(C(=O)c1ccc(CCl)cc1)c1ccc(F)cc1. The van der Waals surface area contributed by atoms with Gasteiger partial charge in [-0.2, -0.15) is 0 Å². The van der Waals surface area contributed by atoms with Gasteiger partial charge in [-0.3, -0.25) is 4.79 Å². The van der Waals surface area contributed by atoms with Crippen LogP contribution in [0.1, 0.15) is 22.8 Å². The summed E-state index contributed by atoms with van der Waals surface area (Å²) in [6, 6.07) is 13.1. The summed E-state index contributed by atoms with van der Waals surface area (Å²) in [6.45, 7) is 2.40. The summed E-state index contributed by atoms with van der Waals surface area (Å²) in [5, 5.41) is 0. The predicted molar refractivity (Wildman–Crippen MR) is 79.7 cm³/mol. The van der Waals surface area contributed by atoms with Gasteiger partial charge in [-0.05, 0) is 48.9 Å². The molecule has 4 heteroatoms. The van der Waals surface area contributed by atoms with E-state index in [-0.39, 0.29) is 11.7 Å². The maximum Gasteiger partial charge on any atom is 0.258 e. The Kier molecular flexibility index (Phi) is 4.74. The number of amides is 1. The molecule has 0 aromatic heterocycles. The Hall–Kier alpha value is -1.87. The molecule has 0 bridgehead atoms. The highest BCUT2D eigenvalue weighted by atomic mass is 35.5. The molecule has 0 heterocycles. The van der Waals surface area contributed by atoms with Gasteiger partial charge < -0.3 is 4.90 Å². The molecular weight excluding hydrogens is 277 g/mol. The van der Waals surface area contributed by atoms with Crippen molar-refractivity contribution in [2.45, 2.75) is 12.8 Å². The fourth-order valence-corrected chi connectivity index (χ4v) is 2.13. The minimum Gasteiger partial charge on any atom is -0.309 e. The predicted octanol–water partition coefficient (Wildman–Crippen LogP) is 4.23. The van der Waals surface area contributed by atoms with Crippen molar-refractivity contribution in [3.63, 3.8) is 0 Å². The Morgan fingerprint density at radius 1 is 1.10 bits per heavy atom. The zero-order valence-electron chi connectivity index (χ0n) is 11.1. The highest BCUT2D eigenvalue weighted by Crippen LogP contribution is 2.18. The molecule has 2 rings (SSSR count). The summed E-state index contributed by atoms with van der Waals surface area (Å²) in [5.41, 5.74) is 2.23. The third-order valence-electron chi connectivity index (χ3n) is 3.05. The largest absolute Gasteiger partial charge is 0.309 e. The Labute approximate surface area is 122 Å². The number of benzene rings is 2. The van der Waals surface area contributed by atoms with E-state index in [2.05, 4.69) is 0 Å². The van der Waals surface area contributed by atoms with E-state index in [0.29, 0.717) is 23.7 Å². The van der Waals surface area contributed by atoms with Crippen LogP contribution in [0.2, 0.25) is 0 Å². The van der Waals surface area contributed by atoms with Crippen molar-refractivity contribution in [3.05, 3.63) is 65.5 Å². The molecular formula is C16H15ClFNO. The molecule has 2 nitrogen and oxygen atoms in total. The minimum absolute atomic E-state index is 0.111.